The normalized spacial score (nSPS) is 17.1. The summed E-state index contributed by atoms with van der Waals surface area (Å²) in [4.78, 5) is 36.5. The van der Waals surface area contributed by atoms with Crippen LogP contribution in [0.4, 0.5) is 0 Å². The van der Waals surface area contributed by atoms with Crippen molar-refractivity contribution in [3.63, 3.8) is 0 Å². The van der Waals surface area contributed by atoms with Crippen molar-refractivity contribution in [2.45, 2.75) is 25.8 Å². The zero-order valence-corrected chi connectivity index (χ0v) is 12.5. The van der Waals surface area contributed by atoms with Crippen molar-refractivity contribution in [1.29, 1.82) is 0 Å². The Bertz CT molecular complexity index is 559. The molecular weight excluding hydrogens is 284 g/mol. The molecule has 0 aromatic heterocycles. The maximum absolute atomic E-state index is 12.2. The van der Waals surface area contributed by atoms with E-state index in [1.807, 2.05) is 6.07 Å². The molecule has 0 unspecified atom stereocenters. The molecule has 2 atom stereocenters. The summed E-state index contributed by atoms with van der Waals surface area (Å²) in [5.74, 6) is -2.11. The first kappa shape index (κ1) is 16.0. The van der Waals surface area contributed by atoms with Gasteiger partial charge in [0.15, 0.2) is 0 Å². The number of rotatable bonds is 6. The molecule has 1 saturated heterocycles. The van der Waals surface area contributed by atoms with E-state index >= 15 is 0 Å². The minimum absolute atomic E-state index is 0.0193. The molecule has 2 rings (SSSR count). The Morgan fingerprint density at radius 3 is 2.55 bits per heavy atom. The van der Waals surface area contributed by atoms with Crippen LogP contribution in [0.15, 0.2) is 30.3 Å². The fourth-order valence-corrected chi connectivity index (χ4v) is 2.56. The second kappa shape index (κ2) is 7.06. The molecule has 6 heteroatoms. The van der Waals surface area contributed by atoms with Gasteiger partial charge in [-0.15, -0.1) is 0 Å². The number of nitrogens with one attached hydrogen (secondary N) is 1. The van der Waals surface area contributed by atoms with Crippen LogP contribution in [-0.4, -0.2) is 40.9 Å². The van der Waals surface area contributed by atoms with Gasteiger partial charge < -0.3 is 15.3 Å². The van der Waals surface area contributed by atoms with Gasteiger partial charge in [0.2, 0.25) is 11.8 Å². The molecule has 118 valence electrons. The molecule has 0 spiro atoms. The standard InChI is InChI=1S/C16H20N2O4/c1-11(16(21)22)15(12-6-3-2-4-7-12)17-13(19)10-18-9-5-8-14(18)20/h2-4,6-7,11,15H,5,8-10H2,1H3,(H,17,19)(H,21,22)/t11-,15+/m0/s1. The summed E-state index contributed by atoms with van der Waals surface area (Å²) in [6.07, 6.45) is 1.24. The Labute approximate surface area is 129 Å². The third-order valence-electron chi connectivity index (χ3n) is 3.87. The van der Waals surface area contributed by atoms with Crippen LogP contribution < -0.4 is 5.32 Å². The van der Waals surface area contributed by atoms with Crippen LogP contribution >= 0.6 is 0 Å². The van der Waals surface area contributed by atoms with Gasteiger partial charge in [0.05, 0.1) is 18.5 Å². The van der Waals surface area contributed by atoms with E-state index in [0.29, 0.717) is 13.0 Å². The van der Waals surface area contributed by atoms with E-state index in [0.717, 1.165) is 12.0 Å². The van der Waals surface area contributed by atoms with E-state index in [9.17, 15) is 19.5 Å². The smallest absolute Gasteiger partial charge is 0.308 e. The molecule has 6 nitrogen and oxygen atoms in total. The lowest BCUT2D eigenvalue weighted by Gasteiger charge is -2.24. The van der Waals surface area contributed by atoms with Crippen molar-refractivity contribution in [3.8, 4) is 0 Å². The highest BCUT2D eigenvalue weighted by Crippen LogP contribution is 2.22. The molecule has 1 aliphatic rings. The van der Waals surface area contributed by atoms with Crippen LogP contribution in [-0.2, 0) is 14.4 Å². The van der Waals surface area contributed by atoms with Crippen LogP contribution in [0.25, 0.3) is 0 Å². The van der Waals surface area contributed by atoms with Crippen LogP contribution in [0.5, 0.6) is 0 Å². The number of carbonyl (C=O) groups is 3. The van der Waals surface area contributed by atoms with Crippen LogP contribution in [0.1, 0.15) is 31.4 Å². The number of hydrogen-bond donors (Lipinski definition) is 2. The molecule has 0 radical (unpaired) electrons. The van der Waals surface area contributed by atoms with Gasteiger partial charge in [-0.1, -0.05) is 30.3 Å². The molecule has 2 N–H and O–H groups in total. The van der Waals surface area contributed by atoms with Gasteiger partial charge in [0, 0.05) is 13.0 Å². The molecule has 0 saturated carbocycles. The fraction of sp³-hybridized carbons (Fsp3) is 0.438. The van der Waals surface area contributed by atoms with Gasteiger partial charge in [-0.05, 0) is 18.9 Å². The van der Waals surface area contributed by atoms with Crippen molar-refractivity contribution in [2.24, 2.45) is 5.92 Å². The predicted octanol–water partition coefficient (Wildman–Crippen LogP) is 1.19. The average Bonchev–Trinajstić information content (AvgIpc) is 2.90. The molecule has 1 aromatic rings. The van der Waals surface area contributed by atoms with Crippen LogP contribution in [0.2, 0.25) is 0 Å². The molecular formula is C16H20N2O4. The highest BCUT2D eigenvalue weighted by atomic mass is 16.4. The lowest BCUT2D eigenvalue weighted by Crippen LogP contribution is -2.42. The molecule has 2 amide bonds. The lowest BCUT2D eigenvalue weighted by atomic mass is 9.94. The minimum Gasteiger partial charge on any atom is -0.481 e. The van der Waals surface area contributed by atoms with Crippen molar-refractivity contribution in [3.05, 3.63) is 35.9 Å². The first-order valence-electron chi connectivity index (χ1n) is 7.34. The predicted molar refractivity (Wildman–Crippen MR) is 79.9 cm³/mol. The number of amides is 2. The maximum atomic E-state index is 12.2. The van der Waals surface area contributed by atoms with Crippen molar-refractivity contribution >= 4 is 17.8 Å². The van der Waals surface area contributed by atoms with Crippen molar-refractivity contribution in [1.82, 2.24) is 10.2 Å². The fourth-order valence-electron chi connectivity index (χ4n) is 2.56. The number of benzene rings is 1. The number of nitrogens with zero attached hydrogens (tertiary/aromatic N) is 1. The first-order chi connectivity index (χ1) is 10.5. The van der Waals surface area contributed by atoms with Gasteiger partial charge >= 0.3 is 5.97 Å². The minimum atomic E-state index is -0.980. The van der Waals surface area contributed by atoms with Gasteiger partial charge in [-0.25, -0.2) is 0 Å². The van der Waals surface area contributed by atoms with Gasteiger partial charge in [0.1, 0.15) is 0 Å². The van der Waals surface area contributed by atoms with Gasteiger partial charge in [0.25, 0.3) is 0 Å². The Morgan fingerprint density at radius 1 is 1.32 bits per heavy atom. The molecule has 0 aliphatic carbocycles. The first-order valence-corrected chi connectivity index (χ1v) is 7.34. The summed E-state index contributed by atoms with van der Waals surface area (Å²) < 4.78 is 0. The quantitative estimate of drug-likeness (QED) is 0.826. The molecule has 22 heavy (non-hydrogen) atoms. The van der Waals surface area contributed by atoms with Gasteiger partial charge in [-0.3, -0.25) is 14.4 Å². The van der Waals surface area contributed by atoms with Gasteiger partial charge in [-0.2, -0.15) is 0 Å². The third kappa shape index (κ3) is 3.84. The zero-order valence-electron chi connectivity index (χ0n) is 12.5. The Morgan fingerprint density at radius 2 is 2.00 bits per heavy atom. The summed E-state index contributed by atoms with van der Waals surface area (Å²) >= 11 is 0. The molecule has 1 heterocycles. The molecule has 0 bridgehead atoms. The highest BCUT2D eigenvalue weighted by Gasteiger charge is 2.28. The maximum Gasteiger partial charge on any atom is 0.308 e. The van der Waals surface area contributed by atoms with E-state index < -0.39 is 17.9 Å². The number of carboxylic acids is 1. The second-order valence-corrected chi connectivity index (χ2v) is 5.50. The SMILES string of the molecule is C[C@H](C(=O)O)[C@@H](NC(=O)CN1CCCC1=O)c1ccccc1. The lowest BCUT2D eigenvalue weighted by molar-refractivity contribution is -0.143. The summed E-state index contributed by atoms with van der Waals surface area (Å²) in [5.41, 5.74) is 0.735. The molecule has 1 aromatic carbocycles. The van der Waals surface area contributed by atoms with E-state index in [4.69, 9.17) is 0 Å². The summed E-state index contributed by atoms with van der Waals surface area (Å²) in [5, 5.41) is 12.0. The van der Waals surface area contributed by atoms with Crippen LogP contribution in [0.3, 0.4) is 0 Å². The van der Waals surface area contributed by atoms with E-state index in [1.165, 1.54) is 4.90 Å². The zero-order chi connectivity index (χ0) is 16.1. The number of carbonyl (C=O) groups excluding carboxylic acids is 2. The Kier molecular flexibility index (Phi) is 5.14. The van der Waals surface area contributed by atoms with E-state index in [1.54, 1.807) is 31.2 Å². The van der Waals surface area contributed by atoms with Crippen molar-refractivity contribution in [2.75, 3.05) is 13.1 Å². The van der Waals surface area contributed by atoms with E-state index in [2.05, 4.69) is 5.32 Å². The second-order valence-electron chi connectivity index (χ2n) is 5.50. The summed E-state index contributed by atoms with van der Waals surface area (Å²) in [6.45, 7) is 2.12. The summed E-state index contributed by atoms with van der Waals surface area (Å²) in [7, 11) is 0. The highest BCUT2D eigenvalue weighted by molar-refractivity contribution is 5.86. The summed E-state index contributed by atoms with van der Waals surface area (Å²) in [6, 6.07) is 8.37. The van der Waals surface area contributed by atoms with Crippen LogP contribution in [0, 0.1) is 5.92 Å². The molecule has 1 fully saturated rings. The largest absolute Gasteiger partial charge is 0.481 e. The monoisotopic (exact) mass is 304 g/mol. The number of likely N-dealkylation sites (tertiary alicyclic amines) is 1. The molecule has 1 aliphatic heterocycles. The number of hydrogen-bond acceptors (Lipinski definition) is 3. The van der Waals surface area contributed by atoms with E-state index in [-0.39, 0.29) is 18.4 Å². The Balaban J connectivity index is 2.07. The number of aliphatic carboxylic acids is 1. The third-order valence-corrected chi connectivity index (χ3v) is 3.87. The number of carboxylic acid groups (broad SMARTS) is 1. The Hall–Kier alpha value is -2.37. The topological polar surface area (TPSA) is 86.7 Å². The van der Waals surface area contributed by atoms with Crippen molar-refractivity contribution < 1.29 is 19.5 Å². The average molecular weight is 304 g/mol.